The van der Waals surface area contributed by atoms with Crippen LogP contribution >= 0.6 is 0 Å². The topological polar surface area (TPSA) is 49.9 Å². The molecule has 0 bridgehead atoms. The molecule has 5 heteroatoms. The normalized spacial score (nSPS) is 15.3. The Morgan fingerprint density at radius 2 is 2.35 bits per heavy atom. The molecule has 1 aliphatic rings. The van der Waals surface area contributed by atoms with E-state index in [1.54, 1.807) is 6.07 Å². The summed E-state index contributed by atoms with van der Waals surface area (Å²) < 4.78 is 18.4. The number of aromatic nitrogens is 2. The Hall–Kier alpha value is -1.88. The standard InChI is InChI=1S/C12H12FN3O/c1-17-10-4-8-9(7-2-3-14-5-7)6-15-12(8)16-11(10)13/h2,4,6,14H,3,5H2,1H3,(H,15,16). The SMILES string of the molecule is COc1cc2c(C3=CCNC3)c[nH]c2nc1F. The number of H-pyrrole nitrogens is 1. The summed E-state index contributed by atoms with van der Waals surface area (Å²) in [7, 11) is 1.44. The Morgan fingerprint density at radius 1 is 1.47 bits per heavy atom. The van der Waals surface area contributed by atoms with Crippen molar-refractivity contribution in [3.05, 3.63) is 29.9 Å². The molecule has 0 fully saturated rings. The first-order chi connectivity index (χ1) is 8.29. The minimum absolute atomic E-state index is 0.171. The van der Waals surface area contributed by atoms with E-state index in [4.69, 9.17) is 4.74 Å². The second-order valence-electron chi connectivity index (χ2n) is 3.94. The molecule has 0 saturated heterocycles. The molecule has 0 aliphatic carbocycles. The van der Waals surface area contributed by atoms with Gasteiger partial charge in [0.05, 0.1) is 7.11 Å². The number of aromatic amines is 1. The van der Waals surface area contributed by atoms with E-state index in [1.165, 1.54) is 12.7 Å². The second kappa shape index (κ2) is 3.85. The van der Waals surface area contributed by atoms with Crippen LogP contribution in [0.15, 0.2) is 18.3 Å². The van der Waals surface area contributed by atoms with Crippen LogP contribution in [0.4, 0.5) is 4.39 Å². The van der Waals surface area contributed by atoms with Gasteiger partial charge < -0.3 is 15.0 Å². The number of hydrogen-bond donors (Lipinski definition) is 2. The maximum absolute atomic E-state index is 13.4. The van der Waals surface area contributed by atoms with Crippen LogP contribution in [-0.2, 0) is 0 Å². The fourth-order valence-corrected chi connectivity index (χ4v) is 2.09. The van der Waals surface area contributed by atoms with Gasteiger partial charge in [-0.15, -0.1) is 0 Å². The predicted molar refractivity (Wildman–Crippen MR) is 63.5 cm³/mol. The van der Waals surface area contributed by atoms with Crippen molar-refractivity contribution in [2.24, 2.45) is 0 Å². The fourth-order valence-electron chi connectivity index (χ4n) is 2.09. The van der Waals surface area contributed by atoms with Crippen molar-refractivity contribution in [2.45, 2.75) is 0 Å². The van der Waals surface area contributed by atoms with Crippen molar-refractivity contribution in [3.63, 3.8) is 0 Å². The van der Waals surface area contributed by atoms with Crippen LogP contribution < -0.4 is 10.1 Å². The quantitative estimate of drug-likeness (QED) is 0.776. The van der Waals surface area contributed by atoms with Crippen molar-refractivity contribution in [1.82, 2.24) is 15.3 Å². The smallest absolute Gasteiger partial charge is 0.257 e. The zero-order valence-electron chi connectivity index (χ0n) is 9.38. The molecule has 3 heterocycles. The lowest BCUT2D eigenvalue weighted by molar-refractivity contribution is 0.379. The van der Waals surface area contributed by atoms with Crippen LogP contribution in [0.5, 0.6) is 5.75 Å². The Labute approximate surface area is 97.5 Å². The summed E-state index contributed by atoms with van der Waals surface area (Å²) >= 11 is 0. The summed E-state index contributed by atoms with van der Waals surface area (Å²) in [4.78, 5) is 6.83. The van der Waals surface area contributed by atoms with Crippen LogP contribution in [0.1, 0.15) is 5.56 Å². The Kier molecular flexibility index (Phi) is 2.33. The van der Waals surface area contributed by atoms with Gasteiger partial charge in [-0.3, -0.25) is 0 Å². The lowest BCUT2D eigenvalue weighted by Crippen LogP contribution is -2.07. The monoisotopic (exact) mass is 233 g/mol. The summed E-state index contributed by atoms with van der Waals surface area (Å²) in [5, 5.41) is 4.12. The van der Waals surface area contributed by atoms with Gasteiger partial charge in [-0.1, -0.05) is 6.08 Å². The first-order valence-electron chi connectivity index (χ1n) is 5.41. The highest BCUT2D eigenvalue weighted by Crippen LogP contribution is 2.29. The van der Waals surface area contributed by atoms with Crippen molar-refractivity contribution in [1.29, 1.82) is 0 Å². The summed E-state index contributed by atoms with van der Waals surface area (Å²) in [6, 6.07) is 1.68. The van der Waals surface area contributed by atoms with E-state index in [0.29, 0.717) is 5.65 Å². The molecule has 0 aromatic carbocycles. The van der Waals surface area contributed by atoms with Gasteiger partial charge >= 0.3 is 0 Å². The molecule has 0 amide bonds. The summed E-state index contributed by atoms with van der Waals surface area (Å²) in [5.41, 5.74) is 2.80. The van der Waals surface area contributed by atoms with E-state index < -0.39 is 5.95 Å². The van der Waals surface area contributed by atoms with E-state index >= 15 is 0 Å². The molecule has 88 valence electrons. The highest BCUT2D eigenvalue weighted by atomic mass is 19.1. The Morgan fingerprint density at radius 3 is 3.06 bits per heavy atom. The van der Waals surface area contributed by atoms with Gasteiger partial charge in [-0.05, 0) is 11.6 Å². The van der Waals surface area contributed by atoms with Crippen LogP contribution in [0.25, 0.3) is 16.6 Å². The Bertz CT molecular complexity index is 603. The van der Waals surface area contributed by atoms with Crippen molar-refractivity contribution in [3.8, 4) is 5.75 Å². The molecule has 2 aromatic rings. The van der Waals surface area contributed by atoms with Gasteiger partial charge in [0.1, 0.15) is 5.65 Å². The summed E-state index contributed by atoms with van der Waals surface area (Å²) in [6.07, 6.45) is 3.98. The minimum Gasteiger partial charge on any atom is -0.492 e. The molecule has 4 nitrogen and oxygen atoms in total. The maximum Gasteiger partial charge on any atom is 0.257 e. The van der Waals surface area contributed by atoms with Crippen molar-refractivity contribution >= 4 is 16.6 Å². The molecule has 3 rings (SSSR count). The Balaban J connectivity index is 2.20. The van der Waals surface area contributed by atoms with E-state index in [0.717, 1.165) is 24.0 Å². The van der Waals surface area contributed by atoms with Crippen LogP contribution in [0, 0.1) is 5.95 Å². The second-order valence-corrected chi connectivity index (χ2v) is 3.94. The van der Waals surface area contributed by atoms with E-state index in [2.05, 4.69) is 21.4 Å². The van der Waals surface area contributed by atoms with E-state index in [-0.39, 0.29) is 5.75 Å². The molecule has 0 spiro atoms. The average molecular weight is 233 g/mol. The average Bonchev–Trinajstić information content (AvgIpc) is 2.95. The first-order valence-corrected chi connectivity index (χ1v) is 5.41. The molecule has 2 N–H and O–H groups in total. The number of rotatable bonds is 2. The van der Waals surface area contributed by atoms with Gasteiger partial charge in [-0.2, -0.15) is 9.37 Å². The van der Waals surface area contributed by atoms with Crippen molar-refractivity contribution < 1.29 is 9.13 Å². The predicted octanol–water partition coefficient (Wildman–Crippen LogP) is 1.70. The molecule has 0 atom stereocenters. The zero-order valence-corrected chi connectivity index (χ0v) is 9.38. The molecule has 0 radical (unpaired) electrons. The number of halogens is 1. The molecular formula is C12H12FN3O. The number of fused-ring (bicyclic) bond motifs is 1. The molecule has 1 aliphatic heterocycles. The number of methoxy groups -OCH3 is 1. The van der Waals surface area contributed by atoms with Gasteiger partial charge in [0.15, 0.2) is 5.75 Å². The number of hydrogen-bond acceptors (Lipinski definition) is 3. The summed E-state index contributed by atoms with van der Waals surface area (Å²) in [6.45, 7) is 1.69. The van der Waals surface area contributed by atoms with Gasteiger partial charge in [-0.25, -0.2) is 0 Å². The third kappa shape index (κ3) is 1.59. The number of nitrogens with zero attached hydrogens (tertiary/aromatic N) is 1. The number of pyridine rings is 1. The lowest BCUT2D eigenvalue weighted by Gasteiger charge is -2.03. The van der Waals surface area contributed by atoms with E-state index in [9.17, 15) is 4.39 Å². The van der Waals surface area contributed by atoms with Gasteiger partial charge in [0.25, 0.3) is 5.95 Å². The molecule has 0 unspecified atom stereocenters. The van der Waals surface area contributed by atoms with Crippen LogP contribution in [0.3, 0.4) is 0 Å². The third-order valence-electron chi connectivity index (χ3n) is 2.96. The van der Waals surface area contributed by atoms with Crippen LogP contribution in [-0.4, -0.2) is 30.2 Å². The molecule has 2 aromatic heterocycles. The maximum atomic E-state index is 13.4. The molecule has 17 heavy (non-hydrogen) atoms. The van der Waals surface area contributed by atoms with Gasteiger partial charge in [0.2, 0.25) is 0 Å². The molecular weight excluding hydrogens is 221 g/mol. The zero-order chi connectivity index (χ0) is 11.8. The minimum atomic E-state index is -0.591. The largest absolute Gasteiger partial charge is 0.492 e. The first kappa shape index (κ1) is 10.3. The van der Waals surface area contributed by atoms with Crippen LogP contribution in [0.2, 0.25) is 0 Å². The highest BCUT2D eigenvalue weighted by molar-refractivity contribution is 5.92. The van der Waals surface area contributed by atoms with E-state index in [1.807, 2.05) is 6.20 Å². The highest BCUT2D eigenvalue weighted by Gasteiger charge is 2.15. The summed E-state index contributed by atoms with van der Waals surface area (Å²) in [5.74, 6) is -0.420. The van der Waals surface area contributed by atoms with Crippen molar-refractivity contribution in [2.75, 3.05) is 20.2 Å². The fraction of sp³-hybridized carbons (Fsp3) is 0.250. The number of ether oxygens (including phenoxy) is 1. The molecule has 0 saturated carbocycles. The third-order valence-corrected chi connectivity index (χ3v) is 2.96. The van der Waals surface area contributed by atoms with Gasteiger partial charge in [0, 0.05) is 30.2 Å². The lowest BCUT2D eigenvalue weighted by atomic mass is 10.1. The number of nitrogens with one attached hydrogen (secondary N) is 2.